The van der Waals surface area contributed by atoms with Crippen LogP contribution < -0.4 is 22.4 Å². The molecule has 0 saturated carbocycles. The molecule has 0 aliphatic heterocycles. The van der Waals surface area contributed by atoms with Crippen LogP contribution in [-0.2, 0) is 19.2 Å². The Balaban J connectivity index is 1.58. The summed E-state index contributed by atoms with van der Waals surface area (Å²) in [6, 6.07) is 19.8. The molecule has 0 fully saturated rings. The molecule has 8 N–H and O–H groups in total. The summed E-state index contributed by atoms with van der Waals surface area (Å²) in [5.41, 5.74) is 0.421. The molecule has 0 bridgehead atoms. The van der Waals surface area contributed by atoms with Crippen molar-refractivity contribution in [3.05, 3.63) is 84.4 Å². The maximum Gasteiger partial charge on any atom is 0.358 e. The highest BCUT2D eigenvalue weighted by Gasteiger charge is 2.26. The Bertz CT molecular complexity index is 1970. The Morgan fingerprint density at radius 3 is 2.16 bits per heavy atom. The Kier molecular flexibility index (Phi) is 8.03. The van der Waals surface area contributed by atoms with Gasteiger partial charge < -0.3 is 25.7 Å². The summed E-state index contributed by atoms with van der Waals surface area (Å²) < 4.78 is 29.5. The van der Waals surface area contributed by atoms with Crippen molar-refractivity contribution in [2.75, 3.05) is 10.6 Å². The first-order valence-corrected chi connectivity index (χ1v) is 13.5. The number of phenolic OH excluding ortho intramolecular Hbond substituents is 1. The van der Waals surface area contributed by atoms with Crippen LogP contribution in [0.15, 0.2) is 94.0 Å². The zero-order valence-corrected chi connectivity index (χ0v) is 22.6. The predicted molar refractivity (Wildman–Crippen MR) is 153 cm³/mol. The Hall–Kier alpha value is -5.75. The van der Waals surface area contributed by atoms with Crippen LogP contribution in [0.5, 0.6) is 11.8 Å². The number of aromatic nitrogens is 3. The normalized spacial score (nSPS) is 11.5. The summed E-state index contributed by atoms with van der Waals surface area (Å²) in [7, 11) is -4.54. The lowest BCUT2D eigenvalue weighted by molar-refractivity contribution is 0.0504. The van der Waals surface area contributed by atoms with E-state index in [1.165, 1.54) is 30.3 Å². The third-order valence-corrected chi connectivity index (χ3v) is 6.97. The molecule has 5 rings (SSSR count). The molecular weight excluding hydrogens is 582 g/mol. The summed E-state index contributed by atoms with van der Waals surface area (Å²) >= 11 is 0. The second-order valence-electron chi connectivity index (χ2n) is 8.55. The minimum absolute atomic E-state index is 0.0720. The summed E-state index contributed by atoms with van der Waals surface area (Å²) in [4.78, 5) is 27.7. The number of hydrogen-bond donors (Lipinski definition) is 6. The van der Waals surface area contributed by atoms with Crippen LogP contribution in [0.25, 0.3) is 10.8 Å². The van der Waals surface area contributed by atoms with Gasteiger partial charge in [-0.05, 0) is 41.8 Å². The Morgan fingerprint density at radius 1 is 0.814 bits per heavy atom. The molecule has 0 saturated heterocycles. The van der Waals surface area contributed by atoms with Gasteiger partial charge in [0.2, 0.25) is 11.9 Å². The van der Waals surface area contributed by atoms with E-state index >= 15 is 0 Å². The van der Waals surface area contributed by atoms with E-state index in [2.05, 4.69) is 44.9 Å². The fourth-order valence-electron chi connectivity index (χ4n) is 4.00. The number of para-hydroxylation sites is 1. The Morgan fingerprint density at radius 2 is 1.47 bits per heavy atom. The monoisotopic (exact) mass is 603 g/mol. The van der Waals surface area contributed by atoms with Gasteiger partial charge in [0.25, 0.3) is 0 Å². The van der Waals surface area contributed by atoms with Crippen molar-refractivity contribution in [3.8, 4) is 11.8 Å². The van der Waals surface area contributed by atoms with Gasteiger partial charge >= 0.3 is 22.1 Å². The quantitative estimate of drug-likeness (QED) is 0.103. The van der Waals surface area contributed by atoms with Crippen molar-refractivity contribution in [3.63, 3.8) is 0 Å². The Labute approximate surface area is 242 Å². The number of nitrogens with two attached hydrogens (primary N) is 2. The average Bonchev–Trinajstić information content (AvgIpc) is 3.00. The molecule has 43 heavy (non-hydrogen) atoms. The SMILES string of the molecule is NOC(=O)c1ccccc1Nc1nc(O)nc(Nc2cccc3cc(S(=O)(=O)ON)c(N=Nc4ccccc4)c(O)c23)n1. The number of carbonyl (C=O) groups excluding carboxylic acids is 1. The van der Waals surface area contributed by atoms with E-state index in [1.54, 1.807) is 48.5 Å². The van der Waals surface area contributed by atoms with Crippen LogP contribution >= 0.6 is 0 Å². The van der Waals surface area contributed by atoms with Gasteiger partial charge in [-0.3, -0.25) is 0 Å². The molecule has 5 aromatic rings. The number of carbonyl (C=O) groups is 1. The zero-order chi connectivity index (χ0) is 30.6. The molecule has 0 aliphatic rings. The molecule has 4 aromatic carbocycles. The van der Waals surface area contributed by atoms with E-state index in [1.807, 2.05) is 0 Å². The topological polar surface area (TPSA) is 250 Å². The molecule has 0 aliphatic carbocycles. The number of phenols is 1. The third kappa shape index (κ3) is 6.14. The number of hydrogen-bond acceptors (Lipinski definition) is 16. The zero-order valence-electron chi connectivity index (χ0n) is 21.7. The lowest BCUT2D eigenvalue weighted by Crippen LogP contribution is -2.13. The van der Waals surface area contributed by atoms with Crippen LogP contribution in [0, 0.1) is 0 Å². The third-order valence-electron chi connectivity index (χ3n) is 5.87. The number of anilines is 4. The second-order valence-corrected chi connectivity index (χ2v) is 10.1. The lowest BCUT2D eigenvalue weighted by Gasteiger charge is -2.14. The first kappa shape index (κ1) is 28.8. The summed E-state index contributed by atoms with van der Waals surface area (Å²) in [5, 5.41) is 35.5. The minimum atomic E-state index is -4.54. The summed E-state index contributed by atoms with van der Waals surface area (Å²) in [6.07, 6.45) is 0. The maximum absolute atomic E-state index is 12.6. The van der Waals surface area contributed by atoms with Gasteiger partial charge in [0.1, 0.15) is 10.6 Å². The van der Waals surface area contributed by atoms with E-state index in [9.17, 15) is 23.4 Å². The number of rotatable bonds is 9. The molecule has 0 amide bonds. The lowest BCUT2D eigenvalue weighted by atomic mass is 10.1. The number of benzene rings is 4. The highest BCUT2D eigenvalue weighted by atomic mass is 32.2. The molecule has 16 nitrogen and oxygen atoms in total. The molecule has 0 radical (unpaired) electrons. The van der Waals surface area contributed by atoms with E-state index in [4.69, 9.17) is 11.8 Å². The second kappa shape index (κ2) is 12.0. The van der Waals surface area contributed by atoms with Crippen LogP contribution in [-0.4, -0.2) is 39.6 Å². The molecule has 0 unspecified atom stereocenters. The van der Waals surface area contributed by atoms with E-state index in [0.29, 0.717) is 5.69 Å². The van der Waals surface area contributed by atoms with Crippen LogP contribution in [0.1, 0.15) is 10.4 Å². The van der Waals surface area contributed by atoms with E-state index in [0.717, 1.165) is 0 Å². The smallest absolute Gasteiger partial charge is 0.358 e. The highest BCUT2D eigenvalue weighted by molar-refractivity contribution is 7.86. The molecule has 1 heterocycles. The summed E-state index contributed by atoms with van der Waals surface area (Å²) in [6.45, 7) is 0. The number of fused-ring (bicyclic) bond motifs is 1. The molecule has 218 valence electrons. The van der Waals surface area contributed by atoms with Gasteiger partial charge in [0, 0.05) is 5.39 Å². The van der Waals surface area contributed by atoms with Crippen LogP contribution in [0.4, 0.5) is 34.6 Å². The average molecular weight is 604 g/mol. The van der Waals surface area contributed by atoms with E-state index in [-0.39, 0.29) is 39.6 Å². The van der Waals surface area contributed by atoms with Gasteiger partial charge in [-0.25, -0.2) is 4.79 Å². The number of nitrogens with one attached hydrogen (secondary N) is 2. The molecule has 1 aromatic heterocycles. The van der Waals surface area contributed by atoms with Crippen molar-refractivity contribution >= 4 is 61.5 Å². The fourth-order valence-corrected chi connectivity index (χ4v) is 4.75. The number of azo groups is 1. The molecule has 0 atom stereocenters. The van der Waals surface area contributed by atoms with Gasteiger partial charge in [0.05, 0.1) is 22.6 Å². The van der Waals surface area contributed by atoms with Crippen LogP contribution in [0.2, 0.25) is 0 Å². The van der Waals surface area contributed by atoms with Crippen molar-refractivity contribution in [1.29, 1.82) is 0 Å². The van der Waals surface area contributed by atoms with Gasteiger partial charge in [0.15, 0.2) is 5.75 Å². The molecule has 0 spiro atoms. The van der Waals surface area contributed by atoms with Gasteiger partial charge in [-0.15, -0.1) is 5.11 Å². The fraction of sp³-hybridized carbons (Fsp3) is 0. The van der Waals surface area contributed by atoms with Crippen LogP contribution in [0.3, 0.4) is 0 Å². The standard InChI is InChI=1S/C26H21N9O7S/c27-41-23(37)16-10-4-5-11-17(16)29-24-31-25(33-26(38)32-24)30-18-12-6-7-14-13-19(43(39,40)42-28)21(22(36)20(14)18)35-34-15-8-2-1-3-9-15/h1-13,36H,27-28H2,(H3,29,30,31,32,33,38). The minimum Gasteiger partial charge on any atom is -0.505 e. The molecule has 17 heteroatoms. The number of aromatic hydroxyl groups is 2. The highest BCUT2D eigenvalue weighted by Crippen LogP contribution is 2.45. The van der Waals surface area contributed by atoms with Crippen molar-refractivity contribution in [1.82, 2.24) is 15.0 Å². The first-order chi connectivity index (χ1) is 20.7. The van der Waals surface area contributed by atoms with Crippen molar-refractivity contribution in [2.24, 2.45) is 22.0 Å². The first-order valence-electron chi connectivity index (χ1n) is 12.1. The maximum atomic E-state index is 12.6. The van der Waals surface area contributed by atoms with Gasteiger partial charge in [-0.2, -0.15) is 44.6 Å². The summed E-state index contributed by atoms with van der Waals surface area (Å²) in [5.74, 6) is 8.27. The van der Waals surface area contributed by atoms with Gasteiger partial charge in [-0.1, -0.05) is 42.5 Å². The van der Waals surface area contributed by atoms with Crippen molar-refractivity contribution in [2.45, 2.75) is 4.90 Å². The number of nitrogens with zero attached hydrogens (tertiary/aromatic N) is 5. The largest absolute Gasteiger partial charge is 0.505 e. The molecular formula is C26H21N9O7S. The predicted octanol–water partition coefficient (Wildman–Crippen LogP) is 3.95. The van der Waals surface area contributed by atoms with Crippen molar-refractivity contribution < 1.29 is 32.5 Å². The van der Waals surface area contributed by atoms with E-state index < -0.39 is 38.4 Å².